The summed E-state index contributed by atoms with van der Waals surface area (Å²) in [6, 6.07) is 7.94. The van der Waals surface area contributed by atoms with Crippen LogP contribution in [-0.4, -0.2) is 43.8 Å². The lowest BCUT2D eigenvalue weighted by molar-refractivity contribution is 0.244. The lowest BCUT2D eigenvalue weighted by Crippen LogP contribution is -2.48. The van der Waals surface area contributed by atoms with Gasteiger partial charge in [0.2, 0.25) is 0 Å². The van der Waals surface area contributed by atoms with Crippen LogP contribution in [0, 0.1) is 0 Å². The fraction of sp³-hybridized carbons (Fsp3) is 0.700. The second-order valence-corrected chi connectivity index (χ2v) is 9.51. The highest BCUT2D eigenvalue weighted by Crippen LogP contribution is 2.35. The Labute approximate surface area is 158 Å². The summed E-state index contributed by atoms with van der Waals surface area (Å²) in [5.74, 6) is 0.802. The standard InChI is InChI=1S/C20H32N2O3S/c1-21(18-9-5-3-6-10-18)26(23,24)22-16-8-4-7-11-20(22)17-12-14-19(25-2)15-13-17/h12-15,18,20H,3-11,16H2,1-2H3. The van der Waals surface area contributed by atoms with Gasteiger partial charge in [0.1, 0.15) is 5.75 Å². The van der Waals surface area contributed by atoms with E-state index in [9.17, 15) is 8.42 Å². The van der Waals surface area contributed by atoms with Gasteiger partial charge in [-0.1, -0.05) is 44.2 Å². The van der Waals surface area contributed by atoms with Gasteiger partial charge in [0, 0.05) is 19.6 Å². The molecule has 146 valence electrons. The zero-order chi connectivity index (χ0) is 18.6. The van der Waals surface area contributed by atoms with E-state index in [2.05, 4.69) is 0 Å². The third-order valence-corrected chi connectivity index (χ3v) is 8.01. The molecule has 26 heavy (non-hydrogen) atoms. The maximum Gasteiger partial charge on any atom is 0.282 e. The normalized spacial score (nSPS) is 23.7. The van der Waals surface area contributed by atoms with Crippen molar-refractivity contribution in [3.8, 4) is 5.75 Å². The summed E-state index contributed by atoms with van der Waals surface area (Å²) in [6.07, 6.45) is 9.42. The molecule has 1 saturated heterocycles. The first kappa shape index (κ1) is 19.6. The molecule has 0 radical (unpaired) electrons. The zero-order valence-electron chi connectivity index (χ0n) is 16.1. The first-order valence-electron chi connectivity index (χ1n) is 9.93. The number of rotatable bonds is 5. The first-order valence-corrected chi connectivity index (χ1v) is 11.3. The third kappa shape index (κ3) is 4.24. The van der Waals surface area contributed by atoms with E-state index in [1.807, 2.05) is 24.3 Å². The molecular formula is C20H32N2O3S. The van der Waals surface area contributed by atoms with Crippen LogP contribution in [0.2, 0.25) is 0 Å². The molecular weight excluding hydrogens is 348 g/mol. The average Bonchev–Trinajstić information content (AvgIpc) is 2.95. The highest BCUT2D eigenvalue weighted by atomic mass is 32.2. The van der Waals surface area contributed by atoms with Crippen LogP contribution in [0.15, 0.2) is 24.3 Å². The van der Waals surface area contributed by atoms with Gasteiger partial charge in [-0.15, -0.1) is 0 Å². The summed E-state index contributed by atoms with van der Waals surface area (Å²) in [5, 5.41) is 0. The van der Waals surface area contributed by atoms with Crippen LogP contribution < -0.4 is 4.74 Å². The van der Waals surface area contributed by atoms with Crippen LogP contribution in [-0.2, 0) is 10.2 Å². The van der Waals surface area contributed by atoms with Crippen molar-refractivity contribution in [1.29, 1.82) is 0 Å². The molecule has 2 fully saturated rings. The monoisotopic (exact) mass is 380 g/mol. The van der Waals surface area contributed by atoms with E-state index in [0.29, 0.717) is 6.54 Å². The van der Waals surface area contributed by atoms with Crippen LogP contribution >= 0.6 is 0 Å². The molecule has 1 aromatic carbocycles. The number of hydrogen-bond donors (Lipinski definition) is 0. The summed E-state index contributed by atoms with van der Waals surface area (Å²) >= 11 is 0. The number of nitrogens with zero attached hydrogens (tertiary/aromatic N) is 2. The predicted octanol–water partition coefficient (Wildman–Crippen LogP) is 4.12. The largest absolute Gasteiger partial charge is 0.497 e. The maximum atomic E-state index is 13.5. The van der Waals surface area contributed by atoms with Gasteiger partial charge < -0.3 is 4.74 Å². The SMILES string of the molecule is COc1ccc(C2CCCCCN2S(=O)(=O)N(C)C2CCCCC2)cc1. The van der Waals surface area contributed by atoms with Crippen molar-refractivity contribution in [2.45, 2.75) is 69.9 Å². The molecule has 6 heteroatoms. The van der Waals surface area contributed by atoms with Crippen LogP contribution in [0.25, 0.3) is 0 Å². The van der Waals surface area contributed by atoms with E-state index in [-0.39, 0.29) is 12.1 Å². The molecule has 0 amide bonds. The molecule has 1 atom stereocenters. The van der Waals surface area contributed by atoms with Gasteiger partial charge in [0.15, 0.2) is 0 Å². The Morgan fingerprint density at radius 1 is 0.962 bits per heavy atom. The van der Waals surface area contributed by atoms with E-state index >= 15 is 0 Å². The summed E-state index contributed by atoms with van der Waals surface area (Å²) < 4.78 is 35.6. The average molecular weight is 381 g/mol. The minimum atomic E-state index is -3.46. The number of ether oxygens (including phenoxy) is 1. The van der Waals surface area contributed by atoms with Crippen molar-refractivity contribution in [3.05, 3.63) is 29.8 Å². The quantitative estimate of drug-likeness (QED) is 0.772. The van der Waals surface area contributed by atoms with Gasteiger partial charge in [-0.25, -0.2) is 0 Å². The van der Waals surface area contributed by atoms with Crippen molar-refractivity contribution in [2.75, 3.05) is 20.7 Å². The fourth-order valence-electron chi connectivity index (χ4n) is 4.32. The van der Waals surface area contributed by atoms with Crippen molar-refractivity contribution in [1.82, 2.24) is 8.61 Å². The molecule has 0 spiro atoms. The van der Waals surface area contributed by atoms with Crippen molar-refractivity contribution < 1.29 is 13.2 Å². The van der Waals surface area contributed by atoms with Crippen LogP contribution in [0.5, 0.6) is 5.75 Å². The Bertz CT molecular complexity index is 669. The Morgan fingerprint density at radius 2 is 1.58 bits per heavy atom. The molecule has 0 bridgehead atoms. The molecule has 0 aromatic heterocycles. The molecule has 1 heterocycles. The van der Waals surface area contributed by atoms with Gasteiger partial charge in [0.25, 0.3) is 10.2 Å². The van der Waals surface area contributed by atoms with E-state index in [1.165, 1.54) is 6.42 Å². The van der Waals surface area contributed by atoms with E-state index in [0.717, 1.165) is 62.7 Å². The van der Waals surface area contributed by atoms with Gasteiger partial charge in [-0.2, -0.15) is 17.0 Å². The second-order valence-electron chi connectivity index (χ2n) is 7.56. The predicted molar refractivity (Wildman–Crippen MR) is 104 cm³/mol. The van der Waals surface area contributed by atoms with E-state index < -0.39 is 10.2 Å². The van der Waals surface area contributed by atoms with Crippen molar-refractivity contribution in [2.24, 2.45) is 0 Å². The highest BCUT2D eigenvalue weighted by molar-refractivity contribution is 7.86. The molecule has 0 N–H and O–H groups in total. The highest BCUT2D eigenvalue weighted by Gasteiger charge is 2.37. The van der Waals surface area contributed by atoms with Crippen LogP contribution in [0.3, 0.4) is 0 Å². The third-order valence-electron chi connectivity index (χ3n) is 5.95. The second kappa shape index (κ2) is 8.72. The Balaban J connectivity index is 1.86. The van der Waals surface area contributed by atoms with Crippen LogP contribution in [0.1, 0.15) is 69.4 Å². The molecule has 3 rings (SSSR count). The summed E-state index contributed by atoms with van der Waals surface area (Å²) in [4.78, 5) is 0. The van der Waals surface area contributed by atoms with Crippen LogP contribution in [0.4, 0.5) is 0 Å². The summed E-state index contributed by atoms with van der Waals surface area (Å²) in [7, 11) is -0.0342. The van der Waals surface area contributed by atoms with Gasteiger partial charge in [0.05, 0.1) is 13.2 Å². The summed E-state index contributed by atoms with van der Waals surface area (Å²) in [5.41, 5.74) is 1.06. The molecule has 1 saturated carbocycles. The van der Waals surface area contributed by atoms with Crippen molar-refractivity contribution in [3.63, 3.8) is 0 Å². The summed E-state index contributed by atoms with van der Waals surface area (Å²) in [6.45, 7) is 0.607. The van der Waals surface area contributed by atoms with Gasteiger partial charge >= 0.3 is 0 Å². The minimum Gasteiger partial charge on any atom is -0.497 e. The Kier molecular flexibility index (Phi) is 6.59. The minimum absolute atomic E-state index is 0.0838. The lowest BCUT2D eigenvalue weighted by atomic mass is 9.96. The van der Waals surface area contributed by atoms with Gasteiger partial charge in [-0.3, -0.25) is 0 Å². The fourth-order valence-corrected chi connectivity index (χ4v) is 6.14. The molecule has 1 aliphatic heterocycles. The number of benzene rings is 1. The first-order chi connectivity index (χ1) is 12.5. The lowest BCUT2D eigenvalue weighted by Gasteiger charge is -2.37. The molecule has 1 aliphatic carbocycles. The number of hydrogen-bond acceptors (Lipinski definition) is 3. The van der Waals surface area contributed by atoms with E-state index in [1.54, 1.807) is 22.8 Å². The molecule has 1 aromatic rings. The number of methoxy groups -OCH3 is 1. The van der Waals surface area contributed by atoms with Crippen molar-refractivity contribution >= 4 is 10.2 Å². The molecule has 1 unspecified atom stereocenters. The zero-order valence-corrected chi connectivity index (χ0v) is 16.9. The Hall–Kier alpha value is -1.11. The molecule has 2 aliphatic rings. The Morgan fingerprint density at radius 3 is 2.23 bits per heavy atom. The maximum absolute atomic E-state index is 13.5. The molecule has 5 nitrogen and oxygen atoms in total. The smallest absolute Gasteiger partial charge is 0.282 e. The van der Waals surface area contributed by atoms with Gasteiger partial charge in [-0.05, 0) is 43.4 Å². The topological polar surface area (TPSA) is 49.9 Å². The van der Waals surface area contributed by atoms with E-state index in [4.69, 9.17) is 4.74 Å².